The van der Waals surface area contributed by atoms with Crippen LogP contribution in [-0.4, -0.2) is 23.7 Å². The zero-order valence-corrected chi connectivity index (χ0v) is 12.4. The molecule has 0 bridgehead atoms. The summed E-state index contributed by atoms with van der Waals surface area (Å²) in [6.45, 7) is 1.74. The first-order valence-corrected chi connectivity index (χ1v) is 6.83. The van der Waals surface area contributed by atoms with Crippen LogP contribution in [0.25, 0.3) is 0 Å². The van der Waals surface area contributed by atoms with Gasteiger partial charge in [0.05, 0.1) is 5.56 Å². The zero-order valence-electron chi connectivity index (χ0n) is 10.8. The van der Waals surface area contributed by atoms with E-state index in [9.17, 15) is 18.0 Å². The van der Waals surface area contributed by atoms with E-state index in [0.717, 1.165) is 6.07 Å². The van der Waals surface area contributed by atoms with Crippen LogP contribution in [0.5, 0.6) is 0 Å². The van der Waals surface area contributed by atoms with Crippen LogP contribution in [0.2, 0.25) is 0 Å². The SMILES string of the molecule is CC(CCCO)NC(=O)c1ccc(Br)c(C(F)(F)F)c1. The van der Waals surface area contributed by atoms with Gasteiger partial charge < -0.3 is 10.4 Å². The van der Waals surface area contributed by atoms with Gasteiger partial charge in [0.1, 0.15) is 0 Å². The minimum Gasteiger partial charge on any atom is -0.396 e. The van der Waals surface area contributed by atoms with Gasteiger partial charge in [0.25, 0.3) is 5.91 Å². The van der Waals surface area contributed by atoms with E-state index in [4.69, 9.17) is 5.11 Å². The summed E-state index contributed by atoms with van der Waals surface area (Å²) in [7, 11) is 0. The highest BCUT2D eigenvalue weighted by Crippen LogP contribution is 2.35. The Balaban J connectivity index is 2.84. The predicted molar refractivity (Wildman–Crippen MR) is 72.4 cm³/mol. The van der Waals surface area contributed by atoms with Crippen molar-refractivity contribution in [2.45, 2.75) is 32.0 Å². The van der Waals surface area contributed by atoms with E-state index in [1.165, 1.54) is 12.1 Å². The van der Waals surface area contributed by atoms with Crippen LogP contribution in [-0.2, 0) is 6.18 Å². The lowest BCUT2D eigenvalue weighted by Gasteiger charge is -2.15. The first-order chi connectivity index (χ1) is 9.25. The minimum absolute atomic E-state index is 0.0106. The molecule has 2 N–H and O–H groups in total. The number of carbonyl (C=O) groups excluding carboxylic acids is 1. The van der Waals surface area contributed by atoms with Gasteiger partial charge in [-0.3, -0.25) is 4.79 Å². The number of alkyl halides is 3. The number of aliphatic hydroxyl groups is 1. The number of aliphatic hydroxyl groups excluding tert-OH is 1. The molecule has 0 radical (unpaired) electrons. The maximum Gasteiger partial charge on any atom is 0.417 e. The number of amides is 1. The fourth-order valence-corrected chi connectivity index (χ4v) is 2.13. The van der Waals surface area contributed by atoms with Gasteiger partial charge in [0, 0.05) is 22.7 Å². The van der Waals surface area contributed by atoms with E-state index in [2.05, 4.69) is 21.2 Å². The Morgan fingerprint density at radius 1 is 1.45 bits per heavy atom. The Morgan fingerprint density at radius 3 is 2.65 bits per heavy atom. The van der Waals surface area contributed by atoms with Crippen LogP contribution in [0.4, 0.5) is 13.2 Å². The van der Waals surface area contributed by atoms with Gasteiger partial charge in [0.2, 0.25) is 0 Å². The maximum atomic E-state index is 12.7. The van der Waals surface area contributed by atoms with Crippen molar-refractivity contribution in [3.05, 3.63) is 33.8 Å². The average Bonchev–Trinajstić information content (AvgIpc) is 2.35. The van der Waals surface area contributed by atoms with E-state index in [-0.39, 0.29) is 22.7 Å². The number of halogens is 4. The number of benzene rings is 1. The lowest BCUT2D eigenvalue weighted by atomic mass is 10.1. The molecular weight excluding hydrogens is 339 g/mol. The molecule has 7 heteroatoms. The smallest absolute Gasteiger partial charge is 0.396 e. The van der Waals surface area contributed by atoms with Crippen LogP contribution in [0, 0.1) is 0 Å². The standard InChI is InChI=1S/C13H15BrF3NO2/c1-8(3-2-6-19)18-12(20)9-4-5-11(14)10(7-9)13(15,16)17/h4-5,7-8,19H,2-3,6H2,1H3,(H,18,20). The number of nitrogens with one attached hydrogen (secondary N) is 1. The Labute approximate surface area is 123 Å². The van der Waals surface area contributed by atoms with Gasteiger partial charge in [-0.2, -0.15) is 13.2 Å². The Morgan fingerprint density at radius 2 is 2.10 bits per heavy atom. The van der Waals surface area contributed by atoms with E-state index in [0.29, 0.717) is 12.8 Å². The third kappa shape index (κ3) is 4.79. The third-order valence-corrected chi connectivity index (χ3v) is 3.40. The molecule has 1 amide bonds. The Kier molecular flexibility index (Phi) is 6.01. The topological polar surface area (TPSA) is 49.3 Å². The second kappa shape index (κ2) is 7.08. The predicted octanol–water partition coefficient (Wildman–Crippen LogP) is 3.36. The molecule has 1 unspecified atom stereocenters. The summed E-state index contributed by atoms with van der Waals surface area (Å²) in [6.07, 6.45) is -3.43. The Bertz CT molecular complexity index is 477. The second-order valence-electron chi connectivity index (χ2n) is 4.43. The van der Waals surface area contributed by atoms with Gasteiger partial charge in [-0.1, -0.05) is 15.9 Å². The molecule has 0 heterocycles. The molecule has 0 aliphatic heterocycles. The normalized spacial score (nSPS) is 13.1. The highest BCUT2D eigenvalue weighted by Gasteiger charge is 2.33. The molecule has 20 heavy (non-hydrogen) atoms. The van der Waals surface area contributed by atoms with Crippen molar-refractivity contribution in [3.63, 3.8) is 0 Å². The van der Waals surface area contributed by atoms with Gasteiger partial charge in [-0.25, -0.2) is 0 Å². The number of carbonyl (C=O) groups is 1. The minimum atomic E-state index is -4.52. The summed E-state index contributed by atoms with van der Waals surface area (Å²) in [5.41, 5.74) is -0.926. The van der Waals surface area contributed by atoms with Gasteiger partial charge in [-0.05, 0) is 38.0 Å². The molecular formula is C13H15BrF3NO2. The molecule has 0 saturated carbocycles. The molecule has 1 atom stereocenters. The molecule has 3 nitrogen and oxygen atoms in total. The number of rotatable bonds is 5. The van der Waals surface area contributed by atoms with Gasteiger partial charge in [0.15, 0.2) is 0 Å². The maximum absolute atomic E-state index is 12.7. The molecule has 0 fully saturated rings. The summed E-state index contributed by atoms with van der Waals surface area (Å²) < 4.78 is 38.1. The van der Waals surface area contributed by atoms with Gasteiger partial charge >= 0.3 is 6.18 Å². The van der Waals surface area contributed by atoms with Crippen LogP contribution in [0.15, 0.2) is 22.7 Å². The van der Waals surface area contributed by atoms with Crippen LogP contribution >= 0.6 is 15.9 Å². The van der Waals surface area contributed by atoms with Crippen molar-refractivity contribution in [1.29, 1.82) is 0 Å². The summed E-state index contributed by atoms with van der Waals surface area (Å²) in [5.74, 6) is -0.562. The summed E-state index contributed by atoms with van der Waals surface area (Å²) in [6, 6.07) is 3.13. The van der Waals surface area contributed by atoms with Crippen molar-refractivity contribution >= 4 is 21.8 Å². The lowest BCUT2D eigenvalue weighted by Crippen LogP contribution is -2.32. The monoisotopic (exact) mass is 353 g/mol. The first kappa shape index (κ1) is 17.0. The molecule has 0 aromatic heterocycles. The van der Waals surface area contributed by atoms with Crippen LogP contribution in [0.1, 0.15) is 35.7 Å². The van der Waals surface area contributed by atoms with Crippen molar-refractivity contribution in [1.82, 2.24) is 5.32 Å². The highest BCUT2D eigenvalue weighted by atomic mass is 79.9. The fraction of sp³-hybridized carbons (Fsp3) is 0.462. The highest BCUT2D eigenvalue weighted by molar-refractivity contribution is 9.10. The molecule has 0 saturated heterocycles. The van der Waals surface area contributed by atoms with E-state index in [1.54, 1.807) is 6.92 Å². The number of hydrogen-bond donors (Lipinski definition) is 2. The zero-order chi connectivity index (χ0) is 15.3. The molecule has 1 aromatic rings. The summed E-state index contributed by atoms with van der Waals surface area (Å²) in [5, 5.41) is 11.3. The molecule has 0 spiro atoms. The second-order valence-corrected chi connectivity index (χ2v) is 5.29. The first-order valence-electron chi connectivity index (χ1n) is 6.04. The van der Waals surface area contributed by atoms with Crippen molar-refractivity contribution in [2.24, 2.45) is 0 Å². The van der Waals surface area contributed by atoms with Crippen LogP contribution < -0.4 is 5.32 Å². The fourth-order valence-electron chi connectivity index (χ4n) is 1.66. The van der Waals surface area contributed by atoms with Crippen molar-refractivity contribution < 1.29 is 23.1 Å². The quantitative estimate of drug-likeness (QED) is 0.852. The third-order valence-electron chi connectivity index (χ3n) is 2.71. The lowest BCUT2D eigenvalue weighted by molar-refractivity contribution is -0.138. The van der Waals surface area contributed by atoms with Crippen LogP contribution in [0.3, 0.4) is 0 Å². The Hall–Kier alpha value is -1.08. The molecule has 0 aliphatic carbocycles. The molecule has 0 aliphatic rings. The molecule has 112 valence electrons. The average molecular weight is 354 g/mol. The van der Waals surface area contributed by atoms with Gasteiger partial charge in [-0.15, -0.1) is 0 Å². The summed E-state index contributed by atoms with van der Waals surface area (Å²) in [4.78, 5) is 11.9. The number of hydrogen-bond acceptors (Lipinski definition) is 2. The van der Waals surface area contributed by atoms with Crippen molar-refractivity contribution in [2.75, 3.05) is 6.61 Å². The molecule has 1 aromatic carbocycles. The van der Waals surface area contributed by atoms with E-state index in [1.807, 2.05) is 0 Å². The van der Waals surface area contributed by atoms with E-state index >= 15 is 0 Å². The van der Waals surface area contributed by atoms with E-state index < -0.39 is 17.6 Å². The van der Waals surface area contributed by atoms with Crippen molar-refractivity contribution in [3.8, 4) is 0 Å². The largest absolute Gasteiger partial charge is 0.417 e. The molecule has 1 rings (SSSR count). The summed E-state index contributed by atoms with van der Waals surface area (Å²) >= 11 is 2.82.